The average Bonchev–Trinajstić information content (AvgIpc) is 2.79. The number of benzene rings is 2. The maximum atomic E-state index is 13.7. The van der Waals surface area contributed by atoms with Crippen LogP contribution < -0.4 is 0 Å². The topological polar surface area (TPSA) is 17.8 Å². The molecule has 3 aromatic rings. The Labute approximate surface area is 127 Å². The first-order chi connectivity index (χ1) is 9.60. The molecule has 2 aromatic carbocycles. The maximum absolute atomic E-state index is 13.7. The number of hydrogen-bond acceptors (Lipinski definition) is 1. The fourth-order valence-corrected chi connectivity index (χ4v) is 2.53. The standard InChI is InChI=1S/C14H8BrClF2N2/c15-10-3-2-9(6-11(10)18)20-13-4-1-8(17)5-12(13)19-14(20)7-16/h1-6H,7H2. The molecule has 0 aliphatic rings. The fraction of sp³-hybridized carbons (Fsp3) is 0.0714. The van der Waals surface area contributed by atoms with E-state index in [1.807, 2.05) is 0 Å². The van der Waals surface area contributed by atoms with E-state index in [1.54, 1.807) is 22.8 Å². The summed E-state index contributed by atoms with van der Waals surface area (Å²) in [6.07, 6.45) is 0. The van der Waals surface area contributed by atoms with Crippen LogP contribution in [-0.2, 0) is 5.88 Å². The molecule has 0 spiro atoms. The highest BCUT2D eigenvalue weighted by molar-refractivity contribution is 9.10. The maximum Gasteiger partial charge on any atom is 0.139 e. The Kier molecular flexibility index (Phi) is 3.48. The number of rotatable bonds is 2. The van der Waals surface area contributed by atoms with E-state index >= 15 is 0 Å². The Bertz CT molecular complexity index is 801. The summed E-state index contributed by atoms with van der Waals surface area (Å²) >= 11 is 9.00. The minimum Gasteiger partial charge on any atom is -0.295 e. The van der Waals surface area contributed by atoms with Gasteiger partial charge < -0.3 is 0 Å². The van der Waals surface area contributed by atoms with Gasteiger partial charge in [-0.3, -0.25) is 4.57 Å². The molecule has 0 radical (unpaired) electrons. The predicted molar refractivity (Wildman–Crippen MR) is 78.2 cm³/mol. The molecule has 3 rings (SSSR count). The number of halogens is 4. The van der Waals surface area contributed by atoms with Crippen molar-refractivity contribution in [3.8, 4) is 5.69 Å². The fourth-order valence-electron chi connectivity index (χ4n) is 2.11. The van der Waals surface area contributed by atoms with Crippen LogP contribution in [0.25, 0.3) is 16.7 Å². The van der Waals surface area contributed by atoms with Gasteiger partial charge in [0.2, 0.25) is 0 Å². The van der Waals surface area contributed by atoms with E-state index in [0.29, 0.717) is 27.0 Å². The Balaban J connectivity index is 2.30. The normalized spacial score (nSPS) is 11.2. The zero-order valence-corrected chi connectivity index (χ0v) is 12.4. The molecule has 0 bridgehead atoms. The van der Waals surface area contributed by atoms with Gasteiger partial charge in [0, 0.05) is 6.07 Å². The summed E-state index contributed by atoms with van der Waals surface area (Å²) in [6, 6.07) is 9.01. The smallest absolute Gasteiger partial charge is 0.139 e. The largest absolute Gasteiger partial charge is 0.295 e. The summed E-state index contributed by atoms with van der Waals surface area (Å²) in [5.74, 6) is -0.0696. The molecular weight excluding hydrogens is 350 g/mol. The van der Waals surface area contributed by atoms with Gasteiger partial charge in [0.05, 0.1) is 27.1 Å². The molecule has 1 aromatic heterocycles. The third-order valence-corrected chi connectivity index (χ3v) is 3.85. The molecule has 102 valence electrons. The molecule has 0 N–H and O–H groups in total. The summed E-state index contributed by atoms with van der Waals surface area (Å²) in [4.78, 5) is 4.28. The van der Waals surface area contributed by atoms with Crippen molar-refractivity contribution in [2.24, 2.45) is 0 Å². The Morgan fingerprint density at radius 3 is 2.65 bits per heavy atom. The number of nitrogens with zero attached hydrogens (tertiary/aromatic N) is 2. The van der Waals surface area contributed by atoms with Gasteiger partial charge in [-0.15, -0.1) is 11.6 Å². The molecule has 0 unspecified atom stereocenters. The van der Waals surface area contributed by atoms with Crippen LogP contribution in [0.2, 0.25) is 0 Å². The second-order valence-electron chi connectivity index (χ2n) is 4.23. The monoisotopic (exact) mass is 356 g/mol. The minimum atomic E-state index is -0.382. The zero-order chi connectivity index (χ0) is 14.3. The van der Waals surface area contributed by atoms with Crippen LogP contribution in [0.15, 0.2) is 40.9 Å². The van der Waals surface area contributed by atoms with Crippen molar-refractivity contribution in [3.05, 3.63) is 58.3 Å². The lowest BCUT2D eigenvalue weighted by molar-refractivity contribution is 0.620. The second-order valence-corrected chi connectivity index (χ2v) is 5.35. The van der Waals surface area contributed by atoms with Gasteiger partial charge in [0.1, 0.15) is 17.5 Å². The lowest BCUT2D eigenvalue weighted by Crippen LogP contribution is -2.00. The molecule has 0 saturated heterocycles. The van der Waals surface area contributed by atoms with Gasteiger partial charge in [0.25, 0.3) is 0 Å². The SMILES string of the molecule is Fc1ccc2c(c1)nc(CCl)n2-c1ccc(Br)c(F)c1. The first kappa shape index (κ1) is 13.5. The van der Waals surface area contributed by atoms with Gasteiger partial charge in [-0.2, -0.15) is 0 Å². The quantitative estimate of drug-likeness (QED) is 0.602. The van der Waals surface area contributed by atoms with Crippen LogP contribution in [0.1, 0.15) is 5.82 Å². The van der Waals surface area contributed by atoms with Crippen molar-refractivity contribution in [3.63, 3.8) is 0 Å². The van der Waals surface area contributed by atoms with E-state index in [-0.39, 0.29) is 17.5 Å². The van der Waals surface area contributed by atoms with E-state index in [2.05, 4.69) is 20.9 Å². The van der Waals surface area contributed by atoms with Crippen molar-refractivity contribution in [2.75, 3.05) is 0 Å². The first-order valence-corrected chi connectivity index (χ1v) is 7.11. The second kappa shape index (κ2) is 5.14. The van der Waals surface area contributed by atoms with Gasteiger partial charge in [-0.1, -0.05) is 0 Å². The van der Waals surface area contributed by atoms with Crippen LogP contribution in [0.4, 0.5) is 8.78 Å². The summed E-state index contributed by atoms with van der Waals surface area (Å²) in [5, 5.41) is 0. The van der Waals surface area contributed by atoms with Crippen molar-refractivity contribution >= 4 is 38.6 Å². The Hall–Kier alpha value is -1.46. The van der Waals surface area contributed by atoms with E-state index in [1.165, 1.54) is 18.2 Å². The summed E-state index contributed by atoms with van der Waals surface area (Å²) in [6.45, 7) is 0. The number of hydrogen-bond donors (Lipinski definition) is 0. The van der Waals surface area contributed by atoms with Crippen LogP contribution in [-0.4, -0.2) is 9.55 Å². The average molecular weight is 358 g/mol. The predicted octanol–water partition coefficient (Wildman–Crippen LogP) is 4.81. The molecule has 20 heavy (non-hydrogen) atoms. The third kappa shape index (κ3) is 2.21. The van der Waals surface area contributed by atoms with Gasteiger partial charge >= 0.3 is 0 Å². The van der Waals surface area contributed by atoms with Crippen molar-refractivity contribution in [1.29, 1.82) is 0 Å². The Morgan fingerprint density at radius 2 is 1.95 bits per heavy atom. The van der Waals surface area contributed by atoms with Crippen molar-refractivity contribution < 1.29 is 8.78 Å². The van der Waals surface area contributed by atoms with Gasteiger partial charge in [0.15, 0.2) is 0 Å². The van der Waals surface area contributed by atoms with Gasteiger partial charge in [-0.25, -0.2) is 13.8 Å². The van der Waals surface area contributed by atoms with Crippen LogP contribution >= 0.6 is 27.5 Å². The number of imidazole rings is 1. The molecule has 0 saturated carbocycles. The zero-order valence-electron chi connectivity index (χ0n) is 10.1. The molecule has 1 heterocycles. The molecule has 0 aliphatic heterocycles. The van der Waals surface area contributed by atoms with Crippen LogP contribution in [0.3, 0.4) is 0 Å². The molecule has 6 heteroatoms. The number of fused-ring (bicyclic) bond motifs is 1. The summed E-state index contributed by atoms with van der Waals surface area (Å²) < 4.78 is 29.0. The first-order valence-electron chi connectivity index (χ1n) is 5.78. The lowest BCUT2D eigenvalue weighted by Gasteiger charge is -2.08. The molecule has 0 atom stereocenters. The number of alkyl halides is 1. The van der Waals surface area contributed by atoms with E-state index in [0.717, 1.165) is 0 Å². The Morgan fingerprint density at radius 1 is 1.15 bits per heavy atom. The van der Waals surface area contributed by atoms with Crippen LogP contribution in [0.5, 0.6) is 0 Å². The molecule has 0 aliphatic carbocycles. The van der Waals surface area contributed by atoms with E-state index in [4.69, 9.17) is 11.6 Å². The highest BCUT2D eigenvalue weighted by Gasteiger charge is 2.13. The highest BCUT2D eigenvalue weighted by Crippen LogP contribution is 2.26. The molecule has 0 fully saturated rings. The van der Waals surface area contributed by atoms with Crippen molar-refractivity contribution in [2.45, 2.75) is 5.88 Å². The number of aromatic nitrogens is 2. The third-order valence-electron chi connectivity index (χ3n) is 2.97. The minimum absolute atomic E-state index is 0.147. The molecular formula is C14H8BrClF2N2. The van der Waals surface area contributed by atoms with Gasteiger partial charge in [-0.05, 0) is 46.3 Å². The van der Waals surface area contributed by atoms with Crippen molar-refractivity contribution in [1.82, 2.24) is 9.55 Å². The summed E-state index contributed by atoms with van der Waals surface area (Å²) in [5.41, 5.74) is 1.77. The summed E-state index contributed by atoms with van der Waals surface area (Å²) in [7, 11) is 0. The highest BCUT2D eigenvalue weighted by atomic mass is 79.9. The van der Waals surface area contributed by atoms with E-state index < -0.39 is 0 Å². The van der Waals surface area contributed by atoms with Crippen LogP contribution in [0, 0.1) is 11.6 Å². The molecule has 2 nitrogen and oxygen atoms in total. The lowest BCUT2D eigenvalue weighted by atomic mass is 10.2. The molecule has 0 amide bonds. The van der Waals surface area contributed by atoms with E-state index in [9.17, 15) is 8.78 Å².